The lowest BCUT2D eigenvalue weighted by molar-refractivity contribution is -0.117. The van der Waals surface area contributed by atoms with Crippen LogP contribution in [-0.2, 0) is 4.79 Å². The number of hydrogen-bond acceptors (Lipinski definition) is 2. The topological polar surface area (TPSA) is 55.1 Å². The fraction of sp³-hybridized carbons (Fsp3) is 0.364. The number of carbonyl (C=O) groups is 1. The van der Waals surface area contributed by atoms with Gasteiger partial charge in [-0.3, -0.25) is 4.79 Å². The SMILES string of the molecule is CC[C@@H](N)C(=O)Nc1c(C)cccc1F. The molecule has 0 aliphatic rings. The second-order valence-corrected chi connectivity index (χ2v) is 3.44. The van der Waals surface area contributed by atoms with Gasteiger partial charge in [0.15, 0.2) is 0 Å². The Balaban J connectivity index is 2.85. The Bertz CT molecular complexity index is 345. The van der Waals surface area contributed by atoms with Crippen molar-refractivity contribution < 1.29 is 9.18 Å². The molecule has 15 heavy (non-hydrogen) atoms. The smallest absolute Gasteiger partial charge is 0.241 e. The summed E-state index contributed by atoms with van der Waals surface area (Å²) >= 11 is 0. The summed E-state index contributed by atoms with van der Waals surface area (Å²) in [5.41, 5.74) is 6.43. The highest BCUT2D eigenvalue weighted by atomic mass is 19.1. The van der Waals surface area contributed by atoms with Crippen LogP contribution in [0.2, 0.25) is 0 Å². The highest BCUT2D eigenvalue weighted by Crippen LogP contribution is 2.18. The van der Waals surface area contributed by atoms with Gasteiger partial charge in [0, 0.05) is 0 Å². The van der Waals surface area contributed by atoms with Crippen molar-refractivity contribution in [3.8, 4) is 0 Å². The van der Waals surface area contributed by atoms with Crippen molar-refractivity contribution >= 4 is 11.6 Å². The van der Waals surface area contributed by atoms with Crippen LogP contribution in [0.15, 0.2) is 18.2 Å². The van der Waals surface area contributed by atoms with Crippen LogP contribution in [0, 0.1) is 12.7 Å². The van der Waals surface area contributed by atoms with Gasteiger partial charge in [-0.05, 0) is 25.0 Å². The Hall–Kier alpha value is -1.42. The van der Waals surface area contributed by atoms with E-state index in [1.165, 1.54) is 6.07 Å². The number of para-hydroxylation sites is 1. The van der Waals surface area contributed by atoms with E-state index in [-0.39, 0.29) is 11.6 Å². The molecule has 3 N–H and O–H groups in total. The van der Waals surface area contributed by atoms with Crippen LogP contribution < -0.4 is 11.1 Å². The number of aryl methyl sites for hydroxylation is 1. The van der Waals surface area contributed by atoms with E-state index in [2.05, 4.69) is 5.32 Å². The van der Waals surface area contributed by atoms with Crippen molar-refractivity contribution in [2.45, 2.75) is 26.3 Å². The van der Waals surface area contributed by atoms with Gasteiger partial charge >= 0.3 is 0 Å². The number of benzene rings is 1. The van der Waals surface area contributed by atoms with Gasteiger partial charge in [-0.15, -0.1) is 0 Å². The number of halogens is 1. The molecule has 1 rings (SSSR count). The second-order valence-electron chi connectivity index (χ2n) is 3.44. The lowest BCUT2D eigenvalue weighted by Crippen LogP contribution is -2.35. The van der Waals surface area contributed by atoms with Gasteiger partial charge in [0.2, 0.25) is 5.91 Å². The third-order valence-corrected chi connectivity index (χ3v) is 2.25. The van der Waals surface area contributed by atoms with Crippen LogP contribution in [0.4, 0.5) is 10.1 Å². The molecule has 0 aromatic heterocycles. The maximum Gasteiger partial charge on any atom is 0.241 e. The molecule has 0 saturated heterocycles. The summed E-state index contributed by atoms with van der Waals surface area (Å²) in [5, 5.41) is 2.49. The summed E-state index contributed by atoms with van der Waals surface area (Å²) in [7, 11) is 0. The fourth-order valence-electron chi connectivity index (χ4n) is 1.19. The first-order valence-corrected chi connectivity index (χ1v) is 4.87. The van der Waals surface area contributed by atoms with Gasteiger partial charge in [-0.1, -0.05) is 19.1 Å². The Morgan fingerprint density at radius 2 is 2.27 bits per heavy atom. The Morgan fingerprint density at radius 3 is 2.80 bits per heavy atom. The zero-order valence-corrected chi connectivity index (χ0v) is 8.88. The molecule has 4 heteroatoms. The molecule has 0 bridgehead atoms. The number of hydrogen-bond donors (Lipinski definition) is 2. The highest BCUT2D eigenvalue weighted by molar-refractivity contribution is 5.95. The molecule has 0 aliphatic heterocycles. The monoisotopic (exact) mass is 210 g/mol. The predicted octanol–water partition coefficient (Wildman–Crippen LogP) is 1.81. The largest absolute Gasteiger partial charge is 0.322 e. The standard InChI is InChI=1S/C11H15FN2O/c1-3-9(13)11(15)14-10-7(2)5-4-6-8(10)12/h4-6,9H,3,13H2,1-2H3,(H,14,15)/t9-/m1/s1. The molecular weight excluding hydrogens is 195 g/mol. The van der Waals surface area contributed by atoms with Gasteiger partial charge in [0.1, 0.15) is 5.82 Å². The summed E-state index contributed by atoms with van der Waals surface area (Å²) in [6.07, 6.45) is 0.527. The van der Waals surface area contributed by atoms with Crippen LogP contribution >= 0.6 is 0 Å². The normalized spacial score (nSPS) is 12.3. The van der Waals surface area contributed by atoms with Gasteiger partial charge in [0.25, 0.3) is 0 Å². The van der Waals surface area contributed by atoms with Crippen LogP contribution in [0.5, 0.6) is 0 Å². The average molecular weight is 210 g/mol. The molecule has 3 nitrogen and oxygen atoms in total. The van der Waals surface area contributed by atoms with Crippen molar-refractivity contribution in [2.75, 3.05) is 5.32 Å². The number of nitrogens with two attached hydrogens (primary N) is 1. The molecule has 0 aliphatic carbocycles. The van der Waals surface area contributed by atoms with Gasteiger partial charge in [0.05, 0.1) is 11.7 Å². The minimum absolute atomic E-state index is 0.214. The van der Waals surface area contributed by atoms with Crippen molar-refractivity contribution in [3.05, 3.63) is 29.6 Å². The molecule has 0 unspecified atom stereocenters. The fourth-order valence-corrected chi connectivity index (χ4v) is 1.19. The molecule has 0 radical (unpaired) electrons. The number of nitrogens with one attached hydrogen (secondary N) is 1. The Labute approximate surface area is 88.5 Å². The summed E-state index contributed by atoms with van der Waals surface area (Å²) in [6, 6.07) is 4.04. The van der Waals surface area contributed by atoms with Gasteiger partial charge in [-0.2, -0.15) is 0 Å². The lowest BCUT2D eigenvalue weighted by Gasteiger charge is -2.12. The molecule has 82 valence electrons. The summed E-state index contributed by atoms with van der Waals surface area (Å²) in [4.78, 5) is 11.4. The Morgan fingerprint density at radius 1 is 1.60 bits per heavy atom. The third-order valence-electron chi connectivity index (χ3n) is 2.25. The molecule has 0 heterocycles. The van der Waals surface area contributed by atoms with Crippen LogP contribution in [0.3, 0.4) is 0 Å². The first-order chi connectivity index (χ1) is 7.06. The van der Waals surface area contributed by atoms with Crippen LogP contribution in [0.1, 0.15) is 18.9 Å². The van der Waals surface area contributed by atoms with E-state index in [0.717, 1.165) is 0 Å². The van der Waals surface area contributed by atoms with E-state index in [1.807, 2.05) is 0 Å². The first kappa shape index (κ1) is 11.7. The molecule has 1 aromatic rings. The van der Waals surface area contributed by atoms with E-state index < -0.39 is 11.9 Å². The zero-order chi connectivity index (χ0) is 11.4. The lowest BCUT2D eigenvalue weighted by atomic mass is 10.1. The maximum atomic E-state index is 13.3. The van der Waals surface area contributed by atoms with Crippen molar-refractivity contribution in [1.29, 1.82) is 0 Å². The number of anilines is 1. The zero-order valence-electron chi connectivity index (χ0n) is 8.88. The maximum absolute atomic E-state index is 13.3. The second kappa shape index (κ2) is 4.89. The molecule has 1 atom stereocenters. The van der Waals surface area contributed by atoms with E-state index in [9.17, 15) is 9.18 Å². The van der Waals surface area contributed by atoms with Crippen molar-refractivity contribution in [2.24, 2.45) is 5.73 Å². The number of rotatable bonds is 3. The number of carbonyl (C=O) groups excluding carboxylic acids is 1. The summed E-state index contributed by atoms with van der Waals surface area (Å²) in [5.74, 6) is -0.794. The highest BCUT2D eigenvalue weighted by Gasteiger charge is 2.14. The number of amides is 1. The molecule has 1 aromatic carbocycles. The van der Waals surface area contributed by atoms with Gasteiger partial charge in [-0.25, -0.2) is 4.39 Å². The van der Waals surface area contributed by atoms with Crippen molar-refractivity contribution in [1.82, 2.24) is 0 Å². The minimum Gasteiger partial charge on any atom is -0.322 e. The summed E-state index contributed by atoms with van der Waals surface area (Å²) < 4.78 is 13.3. The molecular formula is C11H15FN2O. The first-order valence-electron chi connectivity index (χ1n) is 4.87. The van der Waals surface area contributed by atoms with Crippen LogP contribution in [-0.4, -0.2) is 11.9 Å². The van der Waals surface area contributed by atoms with Gasteiger partial charge < -0.3 is 11.1 Å². The molecule has 0 fully saturated rings. The average Bonchev–Trinajstić information content (AvgIpc) is 2.22. The third kappa shape index (κ3) is 2.76. The van der Waals surface area contributed by atoms with E-state index in [0.29, 0.717) is 12.0 Å². The van der Waals surface area contributed by atoms with Crippen LogP contribution in [0.25, 0.3) is 0 Å². The minimum atomic E-state index is -0.594. The molecule has 1 amide bonds. The predicted molar refractivity (Wildman–Crippen MR) is 58.0 cm³/mol. The van der Waals surface area contributed by atoms with E-state index in [4.69, 9.17) is 5.73 Å². The summed E-state index contributed by atoms with van der Waals surface area (Å²) in [6.45, 7) is 3.54. The molecule has 0 saturated carbocycles. The quantitative estimate of drug-likeness (QED) is 0.799. The van der Waals surface area contributed by atoms with Crippen molar-refractivity contribution in [3.63, 3.8) is 0 Å². The molecule has 0 spiro atoms. The Kier molecular flexibility index (Phi) is 3.80. The van der Waals surface area contributed by atoms with E-state index in [1.54, 1.807) is 26.0 Å². The van der Waals surface area contributed by atoms with E-state index >= 15 is 0 Å².